The molecule has 32 heavy (non-hydrogen) atoms. The standard InChI is InChI=1S/C25H26ClFN2O3/c1-32-25(31)19-6-2-16(3-7-19)14-28-24(30)22-21(27)11-8-18-12-13-29(23(18)22)15-17-4-9-20(26)10-5-17/h4-5,8-13,16,19H,2-3,6-7,14-15H2,1H3,(H,28,30)/t16-,19-. The Morgan fingerprint density at radius 2 is 1.81 bits per heavy atom. The minimum absolute atomic E-state index is 0.0599. The van der Waals surface area contributed by atoms with Crippen LogP contribution >= 0.6 is 11.6 Å². The maximum absolute atomic E-state index is 14.8. The van der Waals surface area contributed by atoms with Gasteiger partial charge >= 0.3 is 5.97 Å². The fraction of sp³-hybridized carbons (Fsp3) is 0.360. The van der Waals surface area contributed by atoms with Crippen LogP contribution in [0, 0.1) is 17.7 Å². The summed E-state index contributed by atoms with van der Waals surface area (Å²) in [7, 11) is 1.41. The molecule has 1 amide bonds. The highest BCUT2D eigenvalue weighted by atomic mass is 35.5. The lowest BCUT2D eigenvalue weighted by Gasteiger charge is -2.27. The van der Waals surface area contributed by atoms with Crippen molar-refractivity contribution in [3.63, 3.8) is 0 Å². The van der Waals surface area contributed by atoms with Crippen molar-refractivity contribution in [3.8, 4) is 0 Å². The first kappa shape index (κ1) is 22.3. The van der Waals surface area contributed by atoms with Gasteiger partial charge in [0.05, 0.1) is 24.1 Å². The number of aromatic nitrogens is 1. The largest absolute Gasteiger partial charge is 0.469 e. The van der Waals surface area contributed by atoms with Crippen LogP contribution in [0.15, 0.2) is 48.7 Å². The second-order valence-electron chi connectivity index (χ2n) is 8.38. The molecule has 1 aliphatic carbocycles. The number of fused-ring (bicyclic) bond motifs is 1. The van der Waals surface area contributed by atoms with Gasteiger partial charge in [-0.1, -0.05) is 23.7 Å². The lowest BCUT2D eigenvalue weighted by molar-refractivity contribution is -0.146. The molecule has 0 bridgehead atoms. The van der Waals surface area contributed by atoms with Crippen LogP contribution in [0.1, 0.15) is 41.6 Å². The zero-order valence-corrected chi connectivity index (χ0v) is 18.7. The van der Waals surface area contributed by atoms with Crippen molar-refractivity contribution >= 4 is 34.4 Å². The van der Waals surface area contributed by atoms with E-state index in [9.17, 15) is 14.0 Å². The summed E-state index contributed by atoms with van der Waals surface area (Å²) in [4.78, 5) is 24.7. The van der Waals surface area contributed by atoms with Crippen LogP contribution in [0.25, 0.3) is 10.9 Å². The predicted octanol–water partition coefficient (Wildman–Crippen LogP) is 5.19. The van der Waals surface area contributed by atoms with Gasteiger partial charge < -0.3 is 14.6 Å². The zero-order valence-electron chi connectivity index (χ0n) is 17.9. The van der Waals surface area contributed by atoms with Crippen LogP contribution in [0.3, 0.4) is 0 Å². The summed E-state index contributed by atoms with van der Waals surface area (Å²) in [6.07, 6.45) is 5.03. The second-order valence-corrected chi connectivity index (χ2v) is 8.82. The molecule has 1 saturated carbocycles. The molecule has 7 heteroatoms. The number of nitrogens with one attached hydrogen (secondary N) is 1. The van der Waals surface area contributed by atoms with Crippen molar-refractivity contribution < 1.29 is 18.7 Å². The smallest absolute Gasteiger partial charge is 0.308 e. The third-order valence-electron chi connectivity index (χ3n) is 6.31. The molecule has 0 saturated heterocycles. The van der Waals surface area contributed by atoms with Crippen LogP contribution < -0.4 is 5.32 Å². The molecule has 0 unspecified atom stereocenters. The number of carbonyl (C=O) groups excluding carboxylic acids is 2. The van der Waals surface area contributed by atoms with Crippen molar-refractivity contribution in [1.29, 1.82) is 0 Å². The van der Waals surface area contributed by atoms with Gasteiger partial charge in [-0.15, -0.1) is 0 Å². The molecule has 0 aliphatic heterocycles. The number of rotatable bonds is 6. The Balaban J connectivity index is 1.49. The number of amides is 1. The van der Waals surface area contributed by atoms with E-state index in [-0.39, 0.29) is 23.4 Å². The molecule has 2 aromatic carbocycles. The maximum Gasteiger partial charge on any atom is 0.308 e. The monoisotopic (exact) mass is 456 g/mol. The number of hydrogen-bond donors (Lipinski definition) is 1. The Labute approximate surface area is 191 Å². The number of methoxy groups -OCH3 is 1. The quantitative estimate of drug-likeness (QED) is 0.519. The number of halogens is 2. The molecule has 0 atom stereocenters. The van der Waals surface area contributed by atoms with E-state index in [1.165, 1.54) is 13.2 Å². The molecule has 1 aliphatic rings. The SMILES string of the molecule is COC(=O)[C@H]1CC[C@H](CNC(=O)c2c(F)ccc3ccn(Cc4ccc(Cl)cc4)c23)CC1. The molecular formula is C25H26ClFN2O3. The Kier molecular flexibility index (Phi) is 6.80. The van der Waals surface area contributed by atoms with Crippen molar-refractivity contribution in [1.82, 2.24) is 9.88 Å². The third-order valence-corrected chi connectivity index (χ3v) is 6.56. The zero-order chi connectivity index (χ0) is 22.7. The topological polar surface area (TPSA) is 60.3 Å². The molecule has 0 radical (unpaired) electrons. The van der Waals surface area contributed by atoms with Gasteiger partial charge in [-0.3, -0.25) is 9.59 Å². The fourth-order valence-electron chi connectivity index (χ4n) is 4.50. The molecule has 4 rings (SSSR count). The molecule has 1 aromatic heterocycles. The number of esters is 1. The Bertz CT molecular complexity index is 1120. The van der Waals surface area contributed by atoms with Crippen molar-refractivity contribution in [2.75, 3.05) is 13.7 Å². The Hall–Kier alpha value is -2.86. The fourth-order valence-corrected chi connectivity index (χ4v) is 4.63. The summed E-state index contributed by atoms with van der Waals surface area (Å²) >= 11 is 5.97. The number of nitrogens with zero attached hydrogens (tertiary/aromatic N) is 1. The summed E-state index contributed by atoms with van der Waals surface area (Å²) in [6, 6.07) is 12.4. The number of ether oxygens (including phenoxy) is 1. The number of benzene rings is 2. The van der Waals surface area contributed by atoms with Crippen LogP contribution in [0.2, 0.25) is 5.02 Å². The highest BCUT2D eigenvalue weighted by molar-refractivity contribution is 6.30. The van der Waals surface area contributed by atoms with Gasteiger partial charge in [-0.05, 0) is 67.5 Å². The molecule has 3 aromatic rings. The van der Waals surface area contributed by atoms with Gasteiger partial charge in [-0.25, -0.2) is 4.39 Å². The molecular weight excluding hydrogens is 431 g/mol. The lowest BCUT2D eigenvalue weighted by atomic mass is 9.82. The first-order chi connectivity index (χ1) is 15.5. The van der Waals surface area contributed by atoms with E-state index in [1.807, 2.05) is 41.1 Å². The number of carbonyl (C=O) groups is 2. The van der Waals surface area contributed by atoms with Crippen molar-refractivity contribution in [3.05, 3.63) is 70.6 Å². The van der Waals surface area contributed by atoms with Crippen LogP contribution in [-0.4, -0.2) is 30.1 Å². The molecule has 0 spiro atoms. The molecule has 168 valence electrons. The van der Waals surface area contributed by atoms with E-state index in [0.717, 1.165) is 36.6 Å². The predicted molar refractivity (Wildman–Crippen MR) is 122 cm³/mol. The highest BCUT2D eigenvalue weighted by Gasteiger charge is 2.27. The minimum Gasteiger partial charge on any atom is -0.469 e. The first-order valence-electron chi connectivity index (χ1n) is 10.8. The summed E-state index contributed by atoms with van der Waals surface area (Å²) in [5, 5.41) is 4.38. The average molecular weight is 457 g/mol. The normalized spacial score (nSPS) is 18.5. The van der Waals surface area contributed by atoms with E-state index in [0.29, 0.717) is 23.6 Å². The lowest BCUT2D eigenvalue weighted by Crippen LogP contribution is -2.33. The van der Waals surface area contributed by atoms with Crippen molar-refractivity contribution in [2.24, 2.45) is 11.8 Å². The van der Waals surface area contributed by atoms with Crippen LogP contribution in [0.5, 0.6) is 0 Å². The molecule has 1 heterocycles. The maximum atomic E-state index is 14.8. The summed E-state index contributed by atoms with van der Waals surface area (Å²) in [5.41, 5.74) is 1.64. The van der Waals surface area contributed by atoms with Gasteiger partial charge in [0.25, 0.3) is 5.91 Å². The first-order valence-corrected chi connectivity index (χ1v) is 11.2. The van der Waals surface area contributed by atoms with E-state index in [1.54, 1.807) is 6.07 Å². The van der Waals surface area contributed by atoms with Crippen molar-refractivity contribution in [2.45, 2.75) is 32.2 Å². The van der Waals surface area contributed by atoms with Gasteiger partial charge in [0, 0.05) is 29.7 Å². The van der Waals surface area contributed by atoms with Gasteiger partial charge in [0.2, 0.25) is 0 Å². The Morgan fingerprint density at radius 1 is 1.09 bits per heavy atom. The third kappa shape index (κ3) is 4.80. The Morgan fingerprint density at radius 3 is 2.50 bits per heavy atom. The van der Waals surface area contributed by atoms with Crippen LogP contribution in [-0.2, 0) is 16.1 Å². The molecule has 1 fully saturated rings. The second kappa shape index (κ2) is 9.74. The van der Waals surface area contributed by atoms with Gasteiger partial charge in [0.1, 0.15) is 5.82 Å². The number of hydrogen-bond acceptors (Lipinski definition) is 3. The summed E-state index contributed by atoms with van der Waals surface area (Å²) in [5.74, 6) is -0.917. The summed E-state index contributed by atoms with van der Waals surface area (Å²) in [6.45, 7) is 0.961. The van der Waals surface area contributed by atoms with E-state index in [2.05, 4.69) is 5.32 Å². The molecule has 5 nitrogen and oxygen atoms in total. The minimum atomic E-state index is -0.541. The van der Waals surface area contributed by atoms with Gasteiger partial charge in [-0.2, -0.15) is 0 Å². The average Bonchev–Trinajstić information content (AvgIpc) is 3.21. The summed E-state index contributed by atoms with van der Waals surface area (Å²) < 4.78 is 21.5. The van der Waals surface area contributed by atoms with Gasteiger partial charge in [0.15, 0.2) is 0 Å². The van der Waals surface area contributed by atoms with E-state index < -0.39 is 11.7 Å². The highest BCUT2D eigenvalue weighted by Crippen LogP contribution is 2.30. The van der Waals surface area contributed by atoms with E-state index in [4.69, 9.17) is 16.3 Å². The molecule has 1 N–H and O–H groups in total. The van der Waals surface area contributed by atoms with E-state index >= 15 is 0 Å². The van der Waals surface area contributed by atoms with Crippen LogP contribution in [0.4, 0.5) is 4.39 Å².